The Kier molecular flexibility index (Phi) is 3.64. The fraction of sp³-hybridized carbons (Fsp3) is 0.615. The highest BCUT2D eigenvalue weighted by molar-refractivity contribution is 5.70. The van der Waals surface area contributed by atoms with Crippen molar-refractivity contribution in [2.75, 3.05) is 20.2 Å². The molecule has 94 valence electrons. The number of furan rings is 1. The van der Waals surface area contributed by atoms with E-state index in [1.165, 1.54) is 0 Å². The maximum absolute atomic E-state index is 10.5. The Morgan fingerprint density at radius 1 is 1.59 bits per heavy atom. The van der Waals surface area contributed by atoms with E-state index >= 15 is 0 Å². The quantitative estimate of drug-likeness (QED) is 0.752. The van der Waals surface area contributed by atoms with Crippen LogP contribution in [0.3, 0.4) is 0 Å². The minimum Gasteiger partial charge on any atom is -0.457 e. The number of methoxy groups -OCH3 is 1. The summed E-state index contributed by atoms with van der Waals surface area (Å²) < 4.78 is 10.9. The zero-order valence-electron chi connectivity index (χ0n) is 10.4. The van der Waals surface area contributed by atoms with Gasteiger partial charge >= 0.3 is 0 Å². The van der Waals surface area contributed by atoms with Gasteiger partial charge in [-0.25, -0.2) is 0 Å². The average Bonchev–Trinajstić information content (AvgIpc) is 2.77. The van der Waals surface area contributed by atoms with Crippen LogP contribution in [0.15, 0.2) is 16.5 Å². The highest BCUT2D eigenvalue weighted by atomic mass is 16.5. The van der Waals surface area contributed by atoms with Crippen molar-refractivity contribution in [2.45, 2.75) is 31.9 Å². The first kappa shape index (κ1) is 12.3. The Labute approximate surface area is 102 Å². The molecule has 1 aliphatic rings. The summed E-state index contributed by atoms with van der Waals surface area (Å²) in [6.45, 7) is 4.83. The number of hydrogen-bond donors (Lipinski definition) is 0. The van der Waals surface area contributed by atoms with Crippen LogP contribution < -0.4 is 0 Å². The smallest absolute Gasteiger partial charge is 0.185 e. The number of rotatable bonds is 4. The lowest BCUT2D eigenvalue weighted by molar-refractivity contribution is -0.0539. The molecule has 1 unspecified atom stereocenters. The summed E-state index contributed by atoms with van der Waals surface area (Å²) >= 11 is 0. The van der Waals surface area contributed by atoms with E-state index in [0.29, 0.717) is 5.76 Å². The fourth-order valence-corrected chi connectivity index (χ4v) is 2.37. The van der Waals surface area contributed by atoms with Gasteiger partial charge in [0, 0.05) is 13.7 Å². The fourth-order valence-electron chi connectivity index (χ4n) is 2.37. The van der Waals surface area contributed by atoms with Gasteiger partial charge in [0.1, 0.15) is 5.76 Å². The van der Waals surface area contributed by atoms with E-state index in [1.807, 2.05) is 6.07 Å². The average molecular weight is 237 g/mol. The van der Waals surface area contributed by atoms with E-state index < -0.39 is 0 Å². The molecule has 0 amide bonds. The lowest BCUT2D eigenvalue weighted by Crippen LogP contribution is -2.46. The van der Waals surface area contributed by atoms with Gasteiger partial charge in [0.2, 0.25) is 0 Å². The van der Waals surface area contributed by atoms with Gasteiger partial charge in [-0.2, -0.15) is 0 Å². The van der Waals surface area contributed by atoms with Gasteiger partial charge in [-0.3, -0.25) is 9.69 Å². The van der Waals surface area contributed by atoms with E-state index in [0.717, 1.165) is 44.5 Å². The number of hydrogen-bond acceptors (Lipinski definition) is 4. The molecular weight excluding hydrogens is 218 g/mol. The van der Waals surface area contributed by atoms with Crippen LogP contribution in [-0.4, -0.2) is 37.0 Å². The standard InChI is InChI=1S/C13H19NO3/c1-13(16-2)6-3-7-14(10-13)8-11-4-5-12(9-15)17-11/h4-5,9H,3,6-8,10H2,1-2H3. The van der Waals surface area contributed by atoms with Crippen LogP contribution >= 0.6 is 0 Å². The first-order valence-corrected chi connectivity index (χ1v) is 5.97. The predicted octanol–water partition coefficient (Wildman–Crippen LogP) is 2.09. The third-order valence-corrected chi connectivity index (χ3v) is 3.41. The summed E-state index contributed by atoms with van der Waals surface area (Å²) in [7, 11) is 1.76. The Hall–Kier alpha value is -1.13. The number of nitrogens with zero attached hydrogens (tertiary/aromatic N) is 1. The first-order valence-electron chi connectivity index (χ1n) is 5.97. The second kappa shape index (κ2) is 5.02. The van der Waals surface area contributed by atoms with Crippen molar-refractivity contribution >= 4 is 6.29 Å². The molecule has 0 saturated carbocycles. The normalized spacial score (nSPS) is 26.0. The molecule has 1 atom stereocenters. The summed E-state index contributed by atoms with van der Waals surface area (Å²) in [6, 6.07) is 3.57. The van der Waals surface area contributed by atoms with E-state index in [2.05, 4.69) is 11.8 Å². The molecule has 1 fully saturated rings. The van der Waals surface area contributed by atoms with Crippen LogP contribution in [0.2, 0.25) is 0 Å². The highest BCUT2D eigenvalue weighted by Gasteiger charge is 2.30. The SMILES string of the molecule is COC1(C)CCCN(Cc2ccc(C=O)o2)C1. The van der Waals surface area contributed by atoms with Crippen molar-refractivity contribution in [2.24, 2.45) is 0 Å². The number of carbonyl (C=O) groups is 1. The van der Waals surface area contributed by atoms with Crippen molar-refractivity contribution in [1.82, 2.24) is 4.90 Å². The van der Waals surface area contributed by atoms with Crippen molar-refractivity contribution in [3.8, 4) is 0 Å². The number of carbonyl (C=O) groups excluding carboxylic acids is 1. The number of likely N-dealkylation sites (tertiary alicyclic amines) is 1. The number of ether oxygens (including phenoxy) is 1. The number of piperidine rings is 1. The molecule has 0 N–H and O–H groups in total. The van der Waals surface area contributed by atoms with Gasteiger partial charge in [-0.05, 0) is 38.4 Å². The lowest BCUT2D eigenvalue weighted by atomic mass is 9.95. The molecule has 0 bridgehead atoms. The van der Waals surface area contributed by atoms with E-state index in [4.69, 9.17) is 9.15 Å². The highest BCUT2D eigenvalue weighted by Crippen LogP contribution is 2.25. The Balaban J connectivity index is 1.96. The maximum Gasteiger partial charge on any atom is 0.185 e. The van der Waals surface area contributed by atoms with Gasteiger partial charge in [-0.1, -0.05) is 0 Å². The molecule has 4 heteroatoms. The molecule has 2 heterocycles. The van der Waals surface area contributed by atoms with Crippen molar-refractivity contribution in [3.05, 3.63) is 23.7 Å². The molecule has 0 aromatic carbocycles. The Morgan fingerprint density at radius 3 is 3.06 bits per heavy atom. The van der Waals surface area contributed by atoms with Crippen LogP contribution in [0, 0.1) is 0 Å². The van der Waals surface area contributed by atoms with Crippen molar-refractivity contribution in [3.63, 3.8) is 0 Å². The molecule has 0 aliphatic carbocycles. The lowest BCUT2D eigenvalue weighted by Gasteiger charge is -2.39. The van der Waals surface area contributed by atoms with Crippen LogP contribution in [0.25, 0.3) is 0 Å². The molecular formula is C13H19NO3. The second-order valence-corrected chi connectivity index (χ2v) is 4.89. The summed E-state index contributed by atoms with van der Waals surface area (Å²) in [5.74, 6) is 1.24. The molecule has 17 heavy (non-hydrogen) atoms. The van der Waals surface area contributed by atoms with Crippen LogP contribution in [-0.2, 0) is 11.3 Å². The Morgan fingerprint density at radius 2 is 2.41 bits per heavy atom. The largest absolute Gasteiger partial charge is 0.457 e. The minimum atomic E-state index is -0.0572. The minimum absolute atomic E-state index is 0.0572. The summed E-state index contributed by atoms with van der Waals surface area (Å²) in [6.07, 6.45) is 2.96. The van der Waals surface area contributed by atoms with E-state index in [-0.39, 0.29) is 5.60 Å². The summed E-state index contributed by atoms with van der Waals surface area (Å²) in [5, 5.41) is 0. The predicted molar refractivity (Wildman–Crippen MR) is 64.0 cm³/mol. The van der Waals surface area contributed by atoms with E-state index in [9.17, 15) is 4.79 Å². The molecule has 0 radical (unpaired) electrons. The zero-order valence-corrected chi connectivity index (χ0v) is 10.4. The topological polar surface area (TPSA) is 42.7 Å². The third-order valence-electron chi connectivity index (χ3n) is 3.41. The van der Waals surface area contributed by atoms with Crippen LogP contribution in [0.5, 0.6) is 0 Å². The number of aldehydes is 1. The van der Waals surface area contributed by atoms with Crippen molar-refractivity contribution in [1.29, 1.82) is 0 Å². The molecule has 1 aliphatic heterocycles. The monoisotopic (exact) mass is 237 g/mol. The van der Waals surface area contributed by atoms with Gasteiger partial charge in [-0.15, -0.1) is 0 Å². The summed E-state index contributed by atoms with van der Waals surface area (Å²) in [5.41, 5.74) is -0.0572. The molecule has 4 nitrogen and oxygen atoms in total. The Bertz CT molecular complexity index is 388. The van der Waals surface area contributed by atoms with Crippen molar-refractivity contribution < 1.29 is 13.9 Å². The molecule has 1 aromatic heterocycles. The molecule has 0 spiro atoms. The van der Waals surface area contributed by atoms with Gasteiger partial charge in [0.15, 0.2) is 12.0 Å². The maximum atomic E-state index is 10.5. The van der Waals surface area contributed by atoms with Crippen LogP contribution in [0.1, 0.15) is 36.1 Å². The molecule has 1 saturated heterocycles. The molecule has 1 aromatic rings. The second-order valence-electron chi connectivity index (χ2n) is 4.89. The van der Waals surface area contributed by atoms with E-state index in [1.54, 1.807) is 13.2 Å². The van der Waals surface area contributed by atoms with Gasteiger partial charge in [0.25, 0.3) is 0 Å². The first-order chi connectivity index (χ1) is 8.15. The summed E-state index contributed by atoms with van der Waals surface area (Å²) in [4.78, 5) is 12.8. The third kappa shape index (κ3) is 2.96. The van der Waals surface area contributed by atoms with Crippen LogP contribution in [0.4, 0.5) is 0 Å². The van der Waals surface area contributed by atoms with Gasteiger partial charge < -0.3 is 9.15 Å². The van der Waals surface area contributed by atoms with Gasteiger partial charge in [0.05, 0.1) is 12.1 Å². The molecule has 2 rings (SSSR count). The zero-order chi connectivity index (χ0) is 12.3.